The van der Waals surface area contributed by atoms with Crippen LogP contribution in [0.3, 0.4) is 0 Å². The van der Waals surface area contributed by atoms with Crippen molar-refractivity contribution in [2.45, 2.75) is 25.8 Å². The highest BCUT2D eigenvalue weighted by molar-refractivity contribution is 14.1. The lowest BCUT2D eigenvalue weighted by atomic mass is 9.99. The Kier molecular flexibility index (Phi) is 4.37. The molecule has 4 N–H and O–H groups in total. The van der Waals surface area contributed by atoms with Gasteiger partial charge in [-0.05, 0) is 42.0 Å². The summed E-state index contributed by atoms with van der Waals surface area (Å²) in [6.45, 7) is 3.78. The fourth-order valence-electron chi connectivity index (χ4n) is 1.24. The predicted molar refractivity (Wildman–Crippen MR) is 72.9 cm³/mol. The average molecular weight is 338 g/mol. The molecule has 0 aliphatic rings. The third kappa shape index (κ3) is 2.98. The molecule has 1 aromatic carbocycles. The van der Waals surface area contributed by atoms with E-state index in [1.807, 2.05) is 36.4 Å². The zero-order valence-electron chi connectivity index (χ0n) is 9.35. The van der Waals surface area contributed by atoms with E-state index in [0.29, 0.717) is 14.9 Å². The van der Waals surface area contributed by atoms with Gasteiger partial charge in [0.05, 0.1) is 27.1 Å². The number of benzene rings is 1. The molecule has 0 aromatic heterocycles. The van der Waals surface area contributed by atoms with Crippen molar-refractivity contribution in [1.29, 1.82) is 0 Å². The van der Waals surface area contributed by atoms with Crippen molar-refractivity contribution in [3.05, 3.63) is 21.5 Å². The molecule has 0 aliphatic heterocycles. The summed E-state index contributed by atoms with van der Waals surface area (Å²) < 4.78 is 13.9. The van der Waals surface area contributed by atoms with Gasteiger partial charge >= 0.3 is 0 Å². The van der Waals surface area contributed by atoms with Gasteiger partial charge < -0.3 is 16.2 Å². The fraction of sp³-hybridized carbons (Fsp3) is 0.455. The second-order valence-corrected chi connectivity index (χ2v) is 5.21. The normalized spacial score (nSPS) is 14.6. The smallest absolute Gasteiger partial charge is 0.138 e. The van der Waals surface area contributed by atoms with Crippen molar-refractivity contribution in [3.8, 4) is 0 Å². The number of nitrogen functional groups attached to an aromatic ring is 1. The summed E-state index contributed by atoms with van der Waals surface area (Å²) in [6.07, 6.45) is 0.719. The largest absolute Gasteiger partial charge is 0.397 e. The van der Waals surface area contributed by atoms with Gasteiger partial charge in [0.1, 0.15) is 5.82 Å². The van der Waals surface area contributed by atoms with Crippen molar-refractivity contribution in [1.82, 2.24) is 0 Å². The fourth-order valence-corrected chi connectivity index (χ4v) is 1.73. The number of nitrogens with one attached hydrogen (secondary N) is 1. The first-order chi connectivity index (χ1) is 7.41. The highest BCUT2D eigenvalue weighted by atomic mass is 127. The summed E-state index contributed by atoms with van der Waals surface area (Å²) in [5.41, 5.74) is 6.32. The summed E-state index contributed by atoms with van der Waals surface area (Å²) in [7, 11) is 0. The van der Waals surface area contributed by atoms with Crippen LogP contribution in [0.1, 0.15) is 20.3 Å². The molecule has 1 rings (SSSR count). The molecule has 5 heteroatoms. The van der Waals surface area contributed by atoms with Gasteiger partial charge in [0, 0.05) is 6.07 Å². The van der Waals surface area contributed by atoms with Crippen LogP contribution in [0.5, 0.6) is 0 Å². The lowest BCUT2D eigenvalue weighted by Crippen LogP contribution is -2.38. The van der Waals surface area contributed by atoms with Crippen molar-refractivity contribution >= 4 is 34.0 Å². The first-order valence-electron chi connectivity index (χ1n) is 5.05. The van der Waals surface area contributed by atoms with Gasteiger partial charge in [-0.25, -0.2) is 4.39 Å². The maximum Gasteiger partial charge on any atom is 0.138 e. The maximum absolute atomic E-state index is 13.4. The predicted octanol–water partition coefficient (Wildman–Crippen LogP) is 2.59. The molecule has 1 unspecified atom stereocenters. The van der Waals surface area contributed by atoms with Crippen LogP contribution in [0.25, 0.3) is 0 Å². The molecular weight excluding hydrogens is 322 g/mol. The summed E-state index contributed by atoms with van der Waals surface area (Å²) >= 11 is 1.89. The molecular formula is C11H16FIN2O. The van der Waals surface area contributed by atoms with Crippen LogP contribution in [-0.4, -0.2) is 17.3 Å². The molecule has 0 spiro atoms. The van der Waals surface area contributed by atoms with Gasteiger partial charge in [0.25, 0.3) is 0 Å². The Bertz CT molecular complexity index is 380. The first kappa shape index (κ1) is 13.5. The summed E-state index contributed by atoms with van der Waals surface area (Å²) in [5, 5.41) is 12.3. The lowest BCUT2D eigenvalue weighted by molar-refractivity contribution is 0.219. The number of hydrogen-bond acceptors (Lipinski definition) is 3. The van der Waals surface area contributed by atoms with E-state index in [9.17, 15) is 9.50 Å². The molecule has 0 aliphatic carbocycles. The topological polar surface area (TPSA) is 58.3 Å². The van der Waals surface area contributed by atoms with Crippen LogP contribution in [0.15, 0.2) is 12.1 Å². The molecule has 1 aromatic rings. The zero-order valence-corrected chi connectivity index (χ0v) is 11.5. The Balaban J connectivity index is 3.01. The Morgan fingerprint density at radius 2 is 2.19 bits per heavy atom. The van der Waals surface area contributed by atoms with E-state index in [1.54, 1.807) is 6.07 Å². The van der Waals surface area contributed by atoms with Gasteiger partial charge in [-0.1, -0.05) is 6.92 Å². The number of nitrogens with two attached hydrogens (primary N) is 1. The number of aliphatic hydroxyl groups is 1. The van der Waals surface area contributed by atoms with Gasteiger partial charge in [-0.3, -0.25) is 0 Å². The minimum absolute atomic E-state index is 0.0312. The molecule has 90 valence electrons. The van der Waals surface area contributed by atoms with Gasteiger partial charge in [0.15, 0.2) is 0 Å². The van der Waals surface area contributed by atoms with Crippen LogP contribution in [0.4, 0.5) is 15.8 Å². The molecule has 0 amide bonds. The highest BCUT2D eigenvalue weighted by Crippen LogP contribution is 2.27. The second-order valence-electron chi connectivity index (χ2n) is 4.05. The van der Waals surface area contributed by atoms with E-state index in [2.05, 4.69) is 5.32 Å². The molecule has 0 radical (unpaired) electrons. The number of halogens is 2. The number of anilines is 2. The molecule has 0 fully saturated rings. The van der Waals surface area contributed by atoms with Crippen molar-refractivity contribution < 1.29 is 9.50 Å². The van der Waals surface area contributed by atoms with Gasteiger partial charge in [-0.2, -0.15) is 0 Å². The molecule has 1 atom stereocenters. The van der Waals surface area contributed by atoms with Crippen molar-refractivity contribution in [3.63, 3.8) is 0 Å². The van der Waals surface area contributed by atoms with Gasteiger partial charge in [0.2, 0.25) is 0 Å². The zero-order chi connectivity index (χ0) is 12.3. The lowest BCUT2D eigenvalue weighted by Gasteiger charge is -2.29. The van der Waals surface area contributed by atoms with Crippen molar-refractivity contribution in [2.24, 2.45) is 0 Å². The molecule has 0 saturated heterocycles. The summed E-state index contributed by atoms with van der Waals surface area (Å²) in [6, 6.07) is 2.94. The monoisotopic (exact) mass is 338 g/mol. The third-order valence-corrected chi connectivity index (χ3v) is 3.48. The minimum Gasteiger partial charge on any atom is -0.397 e. The van der Waals surface area contributed by atoms with E-state index >= 15 is 0 Å². The van der Waals surface area contributed by atoms with Crippen LogP contribution in [0, 0.1) is 9.39 Å². The summed E-state index contributed by atoms with van der Waals surface area (Å²) in [4.78, 5) is 0. The second kappa shape index (κ2) is 5.18. The van der Waals surface area contributed by atoms with Crippen molar-refractivity contribution in [2.75, 3.05) is 17.7 Å². The molecule has 0 bridgehead atoms. The number of aliphatic hydroxyl groups excluding tert-OH is 1. The quantitative estimate of drug-likeness (QED) is 0.584. The van der Waals surface area contributed by atoms with E-state index in [0.717, 1.165) is 6.42 Å². The SMILES string of the molecule is CCC(C)(CO)Nc1cc(F)c(I)cc1N. The molecule has 0 saturated carbocycles. The Hall–Kier alpha value is -0.560. The number of hydrogen-bond donors (Lipinski definition) is 3. The summed E-state index contributed by atoms with van der Waals surface area (Å²) in [5.74, 6) is -0.311. The Morgan fingerprint density at radius 3 is 2.69 bits per heavy atom. The maximum atomic E-state index is 13.4. The van der Waals surface area contributed by atoms with E-state index in [-0.39, 0.29) is 12.4 Å². The molecule has 3 nitrogen and oxygen atoms in total. The first-order valence-corrected chi connectivity index (χ1v) is 6.13. The average Bonchev–Trinajstić information content (AvgIpc) is 2.25. The van der Waals surface area contributed by atoms with E-state index < -0.39 is 5.54 Å². The van der Waals surface area contributed by atoms with Crippen LogP contribution in [0.2, 0.25) is 0 Å². The van der Waals surface area contributed by atoms with Gasteiger partial charge in [-0.15, -0.1) is 0 Å². The molecule has 16 heavy (non-hydrogen) atoms. The minimum atomic E-state index is -0.479. The van der Waals surface area contributed by atoms with Crippen LogP contribution in [-0.2, 0) is 0 Å². The Morgan fingerprint density at radius 1 is 1.56 bits per heavy atom. The number of rotatable bonds is 4. The van der Waals surface area contributed by atoms with E-state index in [1.165, 1.54) is 6.07 Å². The standard InChI is InChI=1S/C11H16FIN2O/c1-3-11(2,6-16)15-10-4-7(12)8(13)5-9(10)14/h4-5,15-16H,3,6,14H2,1-2H3. The molecule has 0 heterocycles. The Labute approximate surface area is 108 Å². The van der Waals surface area contributed by atoms with Crippen LogP contribution >= 0.6 is 22.6 Å². The van der Waals surface area contributed by atoms with Crippen LogP contribution < -0.4 is 11.1 Å². The third-order valence-electron chi connectivity index (χ3n) is 2.66. The highest BCUT2D eigenvalue weighted by Gasteiger charge is 2.21. The van der Waals surface area contributed by atoms with E-state index in [4.69, 9.17) is 5.73 Å².